The highest BCUT2D eigenvalue weighted by atomic mass is 16.2. The topological polar surface area (TPSA) is 69.5 Å². The molecular formula is C5H6N5O+. The number of rotatable bonds is 0. The zero-order chi connectivity index (χ0) is 7.68. The summed E-state index contributed by atoms with van der Waals surface area (Å²) in [5.74, 6) is 0.382. The van der Waals surface area contributed by atoms with Gasteiger partial charge in [-0.3, -0.25) is 4.79 Å². The highest BCUT2D eigenvalue weighted by Gasteiger charge is 2.28. The molecule has 2 aliphatic rings. The van der Waals surface area contributed by atoms with Crippen LogP contribution in [-0.2, 0) is 4.79 Å². The SMILES string of the molecule is O=C1CCC[N+]1=C1N=NN=N1. The molecule has 0 unspecified atom stereocenters. The van der Waals surface area contributed by atoms with E-state index in [4.69, 9.17) is 0 Å². The quantitative estimate of drug-likeness (QED) is 0.466. The normalized spacial score (nSPS) is 22.4. The van der Waals surface area contributed by atoms with Gasteiger partial charge in [-0.1, -0.05) is 0 Å². The summed E-state index contributed by atoms with van der Waals surface area (Å²) >= 11 is 0. The summed E-state index contributed by atoms with van der Waals surface area (Å²) in [5, 5.41) is 13.8. The summed E-state index contributed by atoms with van der Waals surface area (Å²) in [4.78, 5) is 11.1. The van der Waals surface area contributed by atoms with Crippen molar-refractivity contribution >= 4 is 11.9 Å². The second kappa shape index (κ2) is 2.30. The van der Waals surface area contributed by atoms with E-state index in [1.54, 1.807) is 0 Å². The van der Waals surface area contributed by atoms with E-state index in [0.717, 1.165) is 6.42 Å². The third kappa shape index (κ3) is 0.957. The van der Waals surface area contributed by atoms with Crippen LogP contribution in [0.1, 0.15) is 12.8 Å². The van der Waals surface area contributed by atoms with Gasteiger partial charge in [0.25, 0.3) is 5.91 Å². The maximum absolute atomic E-state index is 11.1. The zero-order valence-corrected chi connectivity index (χ0v) is 5.77. The summed E-state index contributed by atoms with van der Waals surface area (Å²) in [6, 6.07) is 0. The molecule has 1 amide bonds. The van der Waals surface area contributed by atoms with Gasteiger partial charge in [-0.25, -0.2) is 0 Å². The lowest BCUT2D eigenvalue weighted by Gasteiger charge is -1.88. The highest BCUT2D eigenvalue weighted by Crippen LogP contribution is 2.07. The molecule has 2 aliphatic heterocycles. The Morgan fingerprint density at radius 3 is 2.55 bits per heavy atom. The lowest BCUT2D eigenvalue weighted by Crippen LogP contribution is -2.18. The molecular weight excluding hydrogens is 146 g/mol. The molecule has 0 saturated carbocycles. The minimum atomic E-state index is 0.0554. The molecule has 2 heterocycles. The van der Waals surface area contributed by atoms with Crippen molar-refractivity contribution in [1.29, 1.82) is 0 Å². The molecule has 0 aromatic carbocycles. The van der Waals surface area contributed by atoms with Gasteiger partial charge in [0.2, 0.25) is 0 Å². The average Bonchev–Trinajstić information content (AvgIpc) is 2.55. The van der Waals surface area contributed by atoms with Crippen LogP contribution in [0.4, 0.5) is 0 Å². The van der Waals surface area contributed by atoms with Crippen LogP contribution in [0.15, 0.2) is 20.7 Å². The number of nitrogens with zero attached hydrogens (tertiary/aromatic N) is 5. The Balaban J connectivity index is 2.38. The number of guanidine groups is 1. The van der Waals surface area contributed by atoms with Crippen LogP contribution in [0.5, 0.6) is 0 Å². The molecule has 0 aliphatic carbocycles. The van der Waals surface area contributed by atoms with E-state index in [0.29, 0.717) is 18.9 Å². The molecule has 0 atom stereocenters. The van der Waals surface area contributed by atoms with Crippen molar-refractivity contribution in [3.8, 4) is 0 Å². The lowest BCUT2D eigenvalue weighted by atomic mass is 10.4. The predicted octanol–water partition coefficient (Wildman–Crippen LogP) is 0.508. The molecule has 0 spiro atoms. The van der Waals surface area contributed by atoms with Crippen LogP contribution in [0.3, 0.4) is 0 Å². The van der Waals surface area contributed by atoms with Crippen LogP contribution in [-0.4, -0.2) is 23.0 Å². The molecule has 1 saturated heterocycles. The third-order valence-corrected chi connectivity index (χ3v) is 1.62. The Labute approximate surface area is 62.3 Å². The molecule has 2 rings (SSSR count). The fourth-order valence-electron chi connectivity index (χ4n) is 1.11. The first-order valence-corrected chi connectivity index (χ1v) is 3.37. The molecule has 6 nitrogen and oxygen atoms in total. The Hall–Kier alpha value is -1.46. The molecule has 0 aromatic heterocycles. The Kier molecular flexibility index (Phi) is 1.31. The van der Waals surface area contributed by atoms with Crippen molar-refractivity contribution in [2.24, 2.45) is 20.7 Å². The highest BCUT2D eigenvalue weighted by molar-refractivity contribution is 5.83. The zero-order valence-electron chi connectivity index (χ0n) is 5.77. The largest absolute Gasteiger partial charge is 0.483 e. The molecule has 1 fully saturated rings. The van der Waals surface area contributed by atoms with Crippen molar-refractivity contribution in [3.63, 3.8) is 0 Å². The first kappa shape index (κ1) is 6.26. The summed E-state index contributed by atoms with van der Waals surface area (Å²) in [6.07, 6.45) is 1.45. The fourth-order valence-corrected chi connectivity index (χ4v) is 1.11. The lowest BCUT2D eigenvalue weighted by molar-refractivity contribution is -0.434. The average molecular weight is 152 g/mol. The summed E-state index contributed by atoms with van der Waals surface area (Å²) in [6.45, 7) is 0.687. The van der Waals surface area contributed by atoms with Gasteiger partial charge in [0.1, 0.15) is 0 Å². The van der Waals surface area contributed by atoms with Crippen LogP contribution < -0.4 is 0 Å². The molecule has 0 N–H and O–H groups in total. The second-order valence-corrected chi connectivity index (χ2v) is 2.33. The van der Waals surface area contributed by atoms with Crippen LogP contribution in [0.25, 0.3) is 0 Å². The smallest absolute Gasteiger partial charge is 0.256 e. The Morgan fingerprint density at radius 2 is 2.00 bits per heavy atom. The summed E-state index contributed by atoms with van der Waals surface area (Å²) < 4.78 is 1.50. The minimum Gasteiger partial charge on any atom is -0.256 e. The van der Waals surface area contributed by atoms with Crippen molar-refractivity contribution in [3.05, 3.63) is 0 Å². The maximum Gasteiger partial charge on any atom is 0.483 e. The summed E-state index contributed by atoms with van der Waals surface area (Å²) in [7, 11) is 0. The van der Waals surface area contributed by atoms with Gasteiger partial charge in [0, 0.05) is 6.42 Å². The van der Waals surface area contributed by atoms with Gasteiger partial charge < -0.3 is 0 Å². The molecule has 56 valence electrons. The van der Waals surface area contributed by atoms with E-state index < -0.39 is 0 Å². The second-order valence-electron chi connectivity index (χ2n) is 2.33. The molecule has 11 heavy (non-hydrogen) atoms. The van der Waals surface area contributed by atoms with Gasteiger partial charge in [0.15, 0.2) is 0 Å². The third-order valence-electron chi connectivity index (χ3n) is 1.62. The monoisotopic (exact) mass is 152 g/mol. The van der Waals surface area contributed by atoms with Crippen LogP contribution >= 0.6 is 0 Å². The number of amides is 1. The standard InChI is InChI=1S/C5H6N5O/c11-4-2-1-3-10(4)5-6-8-9-7-5/h1-3H2/q+1. The van der Waals surface area contributed by atoms with Crippen LogP contribution in [0.2, 0.25) is 0 Å². The molecule has 0 aromatic rings. The van der Waals surface area contributed by atoms with E-state index in [1.165, 1.54) is 4.58 Å². The number of hydrogen-bond acceptors (Lipinski definition) is 3. The molecule has 6 heteroatoms. The van der Waals surface area contributed by atoms with Crippen molar-refractivity contribution in [1.82, 2.24) is 0 Å². The van der Waals surface area contributed by atoms with Gasteiger partial charge in [-0.2, -0.15) is 4.58 Å². The number of carbonyl (C=O) groups excluding carboxylic acids is 1. The first-order valence-electron chi connectivity index (χ1n) is 3.37. The van der Waals surface area contributed by atoms with Gasteiger partial charge >= 0.3 is 5.96 Å². The van der Waals surface area contributed by atoms with E-state index in [2.05, 4.69) is 20.7 Å². The summed E-state index contributed by atoms with van der Waals surface area (Å²) in [5.41, 5.74) is 0. The van der Waals surface area contributed by atoms with Crippen molar-refractivity contribution < 1.29 is 9.37 Å². The van der Waals surface area contributed by atoms with Gasteiger partial charge in [-0.15, -0.1) is 0 Å². The fraction of sp³-hybridized carbons (Fsp3) is 0.600. The minimum absolute atomic E-state index is 0.0554. The number of carbonyl (C=O) groups is 1. The maximum atomic E-state index is 11.1. The Morgan fingerprint density at radius 1 is 1.27 bits per heavy atom. The van der Waals surface area contributed by atoms with Gasteiger partial charge in [0.05, 0.1) is 27.2 Å². The molecule has 0 radical (unpaired) electrons. The number of hydrogen-bond donors (Lipinski definition) is 0. The van der Waals surface area contributed by atoms with Crippen molar-refractivity contribution in [2.45, 2.75) is 12.8 Å². The van der Waals surface area contributed by atoms with E-state index in [-0.39, 0.29) is 5.91 Å². The van der Waals surface area contributed by atoms with E-state index in [9.17, 15) is 4.79 Å². The first-order chi connectivity index (χ1) is 5.38. The predicted molar refractivity (Wildman–Crippen MR) is 34.1 cm³/mol. The van der Waals surface area contributed by atoms with Gasteiger partial charge in [-0.05, 0) is 6.42 Å². The van der Waals surface area contributed by atoms with Crippen LogP contribution in [0, 0.1) is 0 Å². The Bertz CT molecular complexity index is 275. The molecule has 0 bridgehead atoms. The van der Waals surface area contributed by atoms with Crippen molar-refractivity contribution in [2.75, 3.05) is 6.54 Å². The van der Waals surface area contributed by atoms with E-state index in [1.807, 2.05) is 0 Å². The van der Waals surface area contributed by atoms with E-state index >= 15 is 0 Å².